The molecular weight excluding hydrogens is 259 g/mol. The van der Waals surface area contributed by atoms with E-state index in [1.807, 2.05) is 0 Å². The zero-order valence-corrected chi connectivity index (χ0v) is 5.90. The van der Waals surface area contributed by atoms with Gasteiger partial charge < -0.3 is 12.6 Å². The van der Waals surface area contributed by atoms with Crippen LogP contribution in [0.25, 0.3) is 0 Å². The van der Waals surface area contributed by atoms with Crippen LogP contribution in [0.5, 0.6) is 0 Å². The van der Waals surface area contributed by atoms with Crippen molar-refractivity contribution in [2.45, 2.75) is 11.4 Å². The Morgan fingerprint density at radius 2 is 1.00 bits per heavy atom. The minimum atomic E-state index is -5.58. The Labute approximate surface area is 68.7 Å². The van der Waals surface area contributed by atoms with Gasteiger partial charge in [-0.1, -0.05) is 0 Å². The molecule has 0 aliphatic heterocycles. The van der Waals surface area contributed by atoms with Gasteiger partial charge in [0.05, 0.1) is 0 Å². The van der Waals surface area contributed by atoms with Crippen molar-refractivity contribution in [2.24, 2.45) is 0 Å². The molecule has 0 radical (unpaired) electrons. The van der Waals surface area contributed by atoms with E-state index in [1.165, 1.54) is 0 Å². The summed E-state index contributed by atoms with van der Waals surface area (Å²) >= 11 is 2.76. The van der Waals surface area contributed by atoms with Crippen molar-refractivity contribution in [2.75, 3.05) is 0 Å². The van der Waals surface area contributed by atoms with E-state index in [9.17, 15) is 22.0 Å². The average Bonchev–Trinajstić information content (AvgIpc) is 1.25. The first-order valence-corrected chi connectivity index (χ1v) is 1.81. The molecule has 0 bridgehead atoms. The largest absolute Gasteiger partial charge is 1.00 e. The second-order valence-corrected chi connectivity index (χ2v) is 1.53. The Balaban J connectivity index is 0. The van der Waals surface area contributed by atoms with Gasteiger partial charge in [-0.05, 0) is 0 Å². The van der Waals surface area contributed by atoms with Crippen LogP contribution in [0.4, 0.5) is 22.0 Å². The number of halogens is 5. The Kier molecular flexibility index (Phi) is 4.45. The maximum Gasteiger partial charge on any atom is 1.00 e. The molecule has 0 aromatic heterocycles. The fourth-order valence-corrected chi connectivity index (χ4v) is 0. The van der Waals surface area contributed by atoms with Crippen LogP contribution < -0.4 is 0 Å². The first-order chi connectivity index (χ1) is 3.25. The molecule has 9 heavy (non-hydrogen) atoms. The molecule has 0 N–H and O–H groups in total. The van der Waals surface area contributed by atoms with Gasteiger partial charge in [0.25, 0.3) is 0 Å². The minimum absolute atomic E-state index is 0. The quantitative estimate of drug-likeness (QED) is 0.362. The zero-order valence-electron chi connectivity index (χ0n) is 3.60. The van der Waals surface area contributed by atoms with E-state index in [-0.39, 0.29) is 22.4 Å². The van der Waals surface area contributed by atoms with Crippen molar-refractivity contribution < 1.29 is 44.3 Å². The Bertz CT molecular complexity index is 69.9. The second kappa shape index (κ2) is 3.23. The van der Waals surface area contributed by atoms with Gasteiger partial charge in [-0.2, -0.15) is 13.2 Å². The third-order valence-corrected chi connectivity index (χ3v) is 0.561. The van der Waals surface area contributed by atoms with Gasteiger partial charge >= 0.3 is 28.6 Å². The topological polar surface area (TPSA) is 0 Å². The summed E-state index contributed by atoms with van der Waals surface area (Å²) < 4.78 is 54.0. The summed E-state index contributed by atoms with van der Waals surface area (Å²) in [5, 5.41) is -4.98. The van der Waals surface area contributed by atoms with Crippen molar-refractivity contribution in [1.29, 1.82) is 0 Å². The molecular formula is C2AgF5S. The van der Waals surface area contributed by atoms with E-state index >= 15 is 0 Å². The molecule has 0 amide bonds. The molecule has 0 aliphatic carbocycles. The molecule has 0 nitrogen and oxygen atoms in total. The Morgan fingerprint density at radius 1 is 0.889 bits per heavy atom. The van der Waals surface area contributed by atoms with Crippen molar-refractivity contribution in [1.82, 2.24) is 0 Å². The molecule has 0 heterocycles. The van der Waals surface area contributed by atoms with Crippen LogP contribution >= 0.6 is 0 Å². The molecule has 0 aromatic rings. The van der Waals surface area contributed by atoms with E-state index in [2.05, 4.69) is 12.6 Å². The van der Waals surface area contributed by atoms with E-state index in [4.69, 9.17) is 0 Å². The standard InChI is InChI=1S/C2HF5S.Ag/c3-1(4,5)2(6,7)8;/h8H;/q;+1/p-1. The van der Waals surface area contributed by atoms with Crippen molar-refractivity contribution >= 4 is 12.6 Å². The minimum Gasteiger partial charge on any atom is -0.707 e. The SMILES string of the molecule is FC(F)(F)C(F)(F)[S-].[Ag+]. The number of hydrogen-bond acceptors (Lipinski definition) is 1. The summed E-state index contributed by atoms with van der Waals surface area (Å²) in [6.45, 7) is 0. The molecule has 0 unspecified atom stereocenters. The van der Waals surface area contributed by atoms with Crippen molar-refractivity contribution in [3.05, 3.63) is 0 Å². The van der Waals surface area contributed by atoms with Crippen LogP contribution in [-0.2, 0) is 35.0 Å². The first-order valence-electron chi connectivity index (χ1n) is 1.40. The van der Waals surface area contributed by atoms with E-state index in [0.717, 1.165) is 0 Å². The van der Waals surface area contributed by atoms with Crippen LogP contribution in [0.2, 0.25) is 0 Å². The van der Waals surface area contributed by atoms with Gasteiger partial charge in [0.1, 0.15) is 0 Å². The van der Waals surface area contributed by atoms with Crippen LogP contribution in [0.3, 0.4) is 0 Å². The molecule has 0 rings (SSSR count). The summed E-state index contributed by atoms with van der Waals surface area (Å²) in [7, 11) is 0. The first kappa shape index (κ1) is 12.4. The maximum absolute atomic E-state index is 10.9. The third kappa shape index (κ3) is 4.19. The normalized spacial score (nSPS) is 12.7. The van der Waals surface area contributed by atoms with Gasteiger partial charge in [0.15, 0.2) is 0 Å². The molecule has 0 aliphatic rings. The fraction of sp³-hybridized carbons (Fsp3) is 1.00. The monoisotopic (exact) mass is 258 g/mol. The Morgan fingerprint density at radius 3 is 1.00 bits per heavy atom. The van der Waals surface area contributed by atoms with Crippen LogP contribution in [-0.4, -0.2) is 11.4 Å². The summed E-state index contributed by atoms with van der Waals surface area (Å²) in [5.41, 5.74) is 0. The fourth-order valence-electron chi connectivity index (χ4n) is 0. The van der Waals surface area contributed by atoms with E-state index < -0.39 is 11.4 Å². The number of hydrogen-bond donors (Lipinski definition) is 0. The molecule has 0 fully saturated rings. The van der Waals surface area contributed by atoms with Gasteiger partial charge in [0, 0.05) is 0 Å². The molecule has 0 saturated heterocycles. The molecule has 0 aromatic carbocycles. The van der Waals surface area contributed by atoms with Crippen molar-refractivity contribution in [3.8, 4) is 0 Å². The molecule has 0 saturated carbocycles. The second-order valence-electron chi connectivity index (χ2n) is 1.01. The van der Waals surface area contributed by atoms with Gasteiger partial charge in [-0.15, -0.1) is 0 Å². The van der Waals surface area contributed by atoms with Crippen molar-refractivity contribution in [3.63, 3.8) is 0 Å². The van der Waals surface area contributed by atoms with E-state index in [1.54, 1.807) is 0 Å². The van der Waals surface area contributed by atoms with Crippen LogP contribution in [0, 0.1) is 0 Å². The molecule has 0 atom stereocenters. The summed E-state index contributed by atoms with van der Waals surface area (Å²) in [6.07, 6.45) is -5.58. The summed E-state index contributed by atoms with van der Waals surface area (Å²) in [5.74, 6) is 0. The van der Waals surface area contributed by atoms with Crippen LogP contribution in [0.1, 0.15) is 0 Å². The summed E-state index contributed by atoms with van der Waals surface area (Å²) in [6, 6.07) is 0. The average molecular weight is 259 g/mol. The summed E-state index contributed by atoms with van der Waals surface area (Å²) in [4.78, 5) is 0. The zero-order chi connectivity index (χ0) is 7.00. The molecule has 0 spiro atoms. The van der Waals surface area contributed by atoms with Crippen LogP contribution in [0.15, 0.2) is 0 Å². The van der Waals surface area contributed by atoms with Gasteiger partial charge in [-0.25, -0.2) is 8.78 Å². The van der Waals surface area contributed by atoms with Gasteiger partial charge in [0.2, 0.25) is 5.25 Å². The van der Waals surface area contributed by atoms with E-state index in [0.29, 0.717) is 0 Å². The molecule has 7 heteroatoms. The smallest absolute Gasteiger partial charge is 0.707 e. The number of rotatable bonds is 0. The third-order valence-electron chi connectivity index (χ3n) is 0.330. The van der Waals surface area contributed by atoms with Gasteiger partial charge in [-0.3, -0.25) is 0 Å². The predicted octanol–water partition coefficient (Wildman–Crippen LogP) is 1.69. The predicted molar refractivity (Wildman–Crippen MR) is 18.4 cm³/mol. The maximum atomic E-state index is 10.9. The molecule has 60 valence electrons. The Hall–Kier alpha value is 0.740. The number of alkyl halides is 5.